The minimum atomic E-state index is -1.01. The Morgan fingerprint density at radius 1 is 1.59 bits per heavy atom. The van der Waals surface area contributed by atoms with E-state index in [1.807, 2.05) is 0 Å². The third kappa shape index (κ3) is 2.90. The van der Waals surface area contributed by atoms with Gasteiger partial charge in [-0.15, -0.1) is 0 Å². The van der Waals surface area contributed by atoms with Crippen LogP contribution in [0.5, 0.6) is 0 Å². The lowest BCUT2D eigenvalue weighted by atomic mass is 10.1. The van der Waals surface area contributed by atoms with E-state index in [9.17, 15) is 4.79 Å². The van der Waals surface area contributed by atoms with E-state index in [2.05, 4.69) is 5.32 Å². The van der Waals surface area contributed by atoms with Crippen LogP contribution in [0.15, 0.2) is 18.2 Å². The summed E-state index contributed by atoms with van der Waals surface area (Å²) >= 11 is 5.87. The lowest BCUT2D eigenvalue weighted by Gasteiger charge is -2.13. The second kappa shape index (κ2) is 5.38. The van der Waals surface area contributed by atoms with E-state index < -0.39 is 5.97 Å². The fourth-order valence-corrected chi connectivity index (χ4v) is 2.14. The minimum Gasteiger partial charge on any atom is -0.478 e. The molecule has 1 heterocycles. The molecule has 1 saturated heterocycles. The molecule has 0 saturated carbocycles. The van der Waals surface area contributed by atoms with Gasteiger partial charge in [0.1, 0.15) is 5.56 Å². The zero-order valence-corrected chi connectivity index (χ0v) is 10.0. The number of hydrogen-bond acceptors (Lipinski definition) is 3. The first kappa shape index (κ1) is 12.2. The molecule has 0 aliphatic carbocycles. The maximum atomic E-state index is 11.1. The van der Waals surface area contributed by atoms with Crippen molar-refractivity contribution in [3.63, 3.8) is 0 Å². The summed E-state index contributed by atoms with van der Waals surface area (Å²) in [6.07, 6.45) is 1.01. The molecule has 0 bridgehead atoms. The van der Waals surface area contributed by atoms with E-state index in [0.29, 0.717) is 18.2 Å². The van der Waals surface area contributed by atoms with Crippen molar-refractivity contribution in [1.82, 2.24) is 0 Å². The summed E-state index contributed by atoms with van der Waals surface area (Å²) in [6, 6.07) is 5.04. The van der Waals surface area contributed by atoms with E-state index in [4.69, 9.17) is 21.4 Å². The van der Waals surface area contributed by atoms with Crippen LogP contribution in [0.2, 0.25) is 5.02 Å². The van der Waals surface area contributed by atoms with Gasteiger partial charge in [0.25, 0.3) is 0 Å². The first-order valence-electron chi connectivity index (χ1n) is 5.52. The highest BCUT2D eigenvalue weighted by Gasteiger charge is 2.18. The number of nitrogens with one attached hydrogen (secondary N) is 1. The van der Waals surface area contributed by atoms with Crippen LogP contribution in [0, 0.1) is 5.92 Å². The third-order valence-corrected chi connectivity index (χ3v) is 3.15. The second-order valence-electron chi connectivity index (χ2n) is 4.08. The van der Waals surface area contributed by atoms with Crippen LogP contribution >= 0.6 is 11.6 Å². The fourth-order valence-electron chi connectivity index (χ4n) is 1.89. The van der Waals surface area contributed by atoms with Gasteiger partial charge in [0.05, 0.1) is 17.3 Å². The van der Waals surface area contributed by atoms with Crippen molar-refractivity contribution in [3.05, 3.63) is 28.8 Å². The summed E-state index contributed by atoms with van der Waals surface area (Å²) in [5, 5.41) is 12.5. The first-order valence-corrected chi connectivity index (χ1v) is 5.89. The topological polar surface area (TPSA) is 58.6 Å². The van der Waals surface area contributed by atoms with Gasteiger partial charge in [-0.2, -0.15) is 0 Å². The van der Waals surface area contributed by atoms with Gasteiger partial charge in [-0.1, -0.05) is 17.7 Å². The summed E-state index contributed by atoms with van der Waals surface area (Å²) in [5.74, 6) is -0.573. The van der Waals surface area contributed by atoms with Gasteiger partial charge in [0.2, 0.25) is 0 Å². The average Bonchev–Trinajstić information content (AvgIpc) is 2.78. The van der Waals surface area contributed by atoms with E-state index in [-0.39, 0.29) is 10.6 Å². The van der Waals surface area contributed by atoms with Gasteiger partial charge in [0, 0.05) is 19.1 Å². The Morgan fingerprint density at radius 2 is 2.41 bits per heavy atom. The van der Waals surface area contributed by atoms with E-state index in [1.54, 1.807) is 18.2 Å². The van der Waals surface area contributed by atoms with E-state index >= 15 is 0 Å². The van der Waals surface area contributed by atoms with Crippen LogP contribution in [0.1, 0.15) is 16.8 Å². The molecular formula is C12H14ClNO3. The number of halogens is 1. The molecule has 1 fully saturated rings. The molecule has 92 valence electrons. The number of benzene rings is 1. The summed E-state index contributed by atoms with van der Waals surface area (Å²) in [4.78, 5) is 11.1. The Labute approximate surface area is 105 Å². The number of anilines is 1. The van der Waals surface area contributed by atoms with Gasteiger partial charge in [0.15, 0.2) is 0 Å². The molecule has 1 atom stereocenters. The SMILES string of the molecule is O=C(O)c1c(Cl)cccc1NCC1CCOC1. The number of hydrogen-bond donors (Lipinski definition) is 2. The van der Waals surface area contributed by atoms with Gasteiger partial charge < -0.3 is 15.2 Å². The molecule has 1 aromatic carbocycles. The number of carboxylic acids is 1. The molecule has 2 N–H and O–H groups in total. The van der Waals surface area contributed by atoms with Gasteiger partial charge >= 0.3 is 5.97 Å². The average molecular weight is 256 g/mol. The summed E-state index contributed by atoms with van der Waals surface area (Å²) in [5.41, 5.74) is 0.699. The smallest absolute Gasteiger partial charge is 0.339 e. The quantitative estimate of drug-likeness (QED) is 0.868. The van der Waals surface area contributed by atoms with Crippen molar-refractivity contribution >= 4 is 23.3 Å². The highest BCUT2D eigenvalue weighted by atomic mass is 35.5. The van der Waals surface area contributed by atoms with Crippen LogP contribution in [0.3, 0.4) is 0 Å². The lowest BCUT2D eigenvalue weighted by molar-refractivity contribution is 0.0698. The molecule has 1 unspecified atom stereocenters. The second-order valence-corrected chi connectivity index (χ2v) is 4.49. The van der Waals surface area contributed by atoms with Crippen molar-refractivity contribution in [2.45, 2.75) is 6.42 Å². The molecule has 1 aliphatic rings. The van der Waals surface area contributed by atoms with Crippen LogP contribution in [0.4, 0.5) is 5.69 Å². The molecule has 0 aromatic heterocycles. The molecule has 0 radical (unpaired) electrons. The lowest BCUT2D eigenvalue weighted by Crippen LogP contribution is -2.16. The Bertz CT molecular complexity index is 416. The molecule has 4 nitrogen and oxygen atoms in total. The van der Waals surface area contributed by atoms with Crippen LogP contribution in [0.25, 0.3) is 0 Å². The zero-order valence-electron chi connectivity index (χ0n) is 9.28. The molecule has 1 aromatic rings. The monoisotopic (exact) mass is 255 g/mol. The molecule has 17 heavy (non-hydrogen) atoms. The number of rotatable bonds is 4. The molecule has 2 rings (SSSR count). The highest BCUT2D eigenvalue weighted by Crippen LogP contribution is 2.25. The Kier molecular flexibility index (Phi) is 3.86. The summed E-state index contributed by atoms with van der Waals surface area (Å²) < 4.78 is 5.26. The van der Waals surface area contributed by atoms with E-state index in [1.165, 1.54) is 0 Å². The number of carbonyl (C=O) groups is 1. The van der Waals surface area contributed by atoms with Gasteiger partial charge in [-0.05, 0) is 18.6 Å². The molecule has 0 amide bonds. The standard InChI is InChI=1S/C12H14ClNO3/c13-9-2-1-3-10(11(9)12(15)16)14-6-8-4-5-17-7-8/h1-3,8,14H,4-7H2,(H,15,16). The summed E-state index contributed by atoms with van der Waals surface area (Å²) in [7, 11) is 0. The normalized spacial score (nSPS) is 19.2. The van der Waals surface area contributed by atoms with Gasteiger partial charge in [-0.25, -0.2) is 4.79 Å². The molecule has 5 heteroatoms. The molecule has 0 spiro atoms. The Morgan fingerprint density at radius 3 is 3.06 bits per heavy atom. The zero-order chi connectivity index (χ0) is 12.3. The van der Waals surface area contributed by atoms with Crippen molar-refractivity contribution in [2.24, 2.45) is 5.92 Å². The Balaban J connectivity index is 2.09. The number of carboxylic acid groups (broad SMARTS) is 1. The predicted molar refractivity (Wildman–Crippen MR) is 65.8 cm³/mol. The minimum absolute atomic E-state index is 0.132. The fraction of sp³-hybridized carbons (Fsp3) is 0.417. The van der Waals surface area contributed by atoms with Crippen LogP contribution in [-0.2, 0) is 4.74 Å². The molecule has 1 aliphatic heterocycles. The largest absolute Gasteiger partial charge is 0.478 e. The summed E-state index contributed by atoms with van der Waals surface area (Å²) in [6.45, 7) is 2.23. The van der Waals surface area contributed by atoms with Crippen molar-refractivity contribution < 1.29 is 14.6 Å². The van der Waals surface area contributed by atoms with E-state index in [0.717, 1.165) is 19.6 Å². The predicted octanol–water partition coefficient (Wildman–Crippen LogP) is 2.49. The maximum Gasteiger partial charge on any atom is 0.339 e. The van der Waals surface area contributed by atoms with Crippen molar-refractivity contribution in [2.75, 3.05) is 25.1 Å². The van der Waals surface area contributed by atoms with Crippen molar-refractivity contribution in [3.8, 4) is 0 Å². The molecular weight excluding hydrogens is 242 g/mol. The first-order chi connectivity index (χ1) is 8.18. The Hall–Kier alpha value is -1.26. The third-order valence-electron chi connectivity index (χ3n) is 2.83. The van der Waals surface area contributed by atoms with Crippen LogP contribution < -0.4 is 5.32 Å². The maximum absolute atomic E-state index is 11.1. The van der Waals surface area contributed by atoms with Gasteiger partial charge in [-0.3, -0.25) is 0 Å². The highest BCUT2D eigenvalue weighted by molar-refractivity contribution is 6.34. The van der Waals surface area contributed by atoms with Crippen molar-refractivity contribution in [1.29, 1.82) is 0 Å². The number of ether oxygens (including phenoxy) is 1. The van der Waals surface area contributed by atoms with Crippen LogP contribution in [-0.4, -0.2) is 30.8 Å². The number of aromatic carboxylic acids is 1.